The zero-order chi connectivity index (χ0) is 15.3. The molecule has 0 aliphatic rings. The smallest absolute Gasteiger partial charge is 0.303 e. The number of hydrogen-bond acceptors (Lipinski definition) is 4. The van der Waals surface area contributed by atoms with Crippen LogP contribution < -0.4 is 9.46 Å². The van der Waals surface area contributed by atoms with Gasteiger partial charge in [-0.15, -0.1) is 0 Å². The minimum Gasteiger partial charge on any atom is -0.495 e. The Hall–Kier alpha value is -1.60. The number of carboxylic acids is 1. The summed E-state index contributed by atoms with van der Waals surface area (Å²) in [5.41, 5.74) is 1.50. The Kier molecular flexibility index (Phi) is 5.52. The molecule has 1 aromatic carbocycles. The Balaban J connectivity index is 2.95. The van der Waals surface area contributed by atoms with E-state index in [2.05, 4.69) is 4.72 Å². The predicted molar refractivity (Wildman–Crippen MR) is 74.5 cm³/mol. The molecule has 0 amide bonds. The van der Waals surface area contributed by atoms with Gasteiger partial charge in [-0.25, -0.2) is 13.1 Å². The highest BCUT2D eigenvalue weighted by Gasteiger charge is 2.22. The molecule has 0 aliphatic carbocycles. The molecule has 0 aromatic heterocycles. The van der Waals surface area contributed by atoms with E-state index in [4.69, 9.17) is 9.84 Å². The second-order valence-electron chi connectivity index (χ2n) is 4.51. The van der Waals surface area contributed by atoms with Crippen LogP contribution in [0.2, 0.25) is 0 Å². The summed E-state index contributed by atoms with van der Waals surface area (Å²) in [6.07, 6.45) is 0.161. The molecule has 0 bridgehead atoms. The fourth-order valence-electron chi connectivity index (χ4n) is 1.93. The van der Waals surface area contributed by atoms with Crippen molar-refractivity contribution in [3.05, 3.63) is 23.3 Å². The van der Waals surface area contributed by atoms with Gasteiger partial charge in [-0.3, -0.25) is 4.79 Å². The first-order valence-electron chi connectivity index (χ1n) is 6.14. The molecule has 0 aliphatic heterocycles. The molecule has 0 saturated carbocycles. The standard InChI is InChI=1S/C13H19NO5S/c1-9-7-10(2)13(11(8-9)19-3)20(17,18)14-6-4-5-12(15)16/h7-8,14H,4-6H2,1-3H3,(H,15,16). The van der Waals surface area contributed by atoms with E-state index in [1.165, 1.54) is 7.11 Å². The van der Waals surface area contributed by atoms with Crippen LogP contribution in [0.1, 0.15) is 24.0 Å². The number of methoxy groups -OCH3 is 1. The average Bonchev–Trinajstić information content (AvgIpc) is 2.32. The van der Waals surface area contributed by atoms with E-state index in [0.717, 1.165) is 5.56 Å². The van der Waals surface area contributed by atoms with E-state index in [0.29, 0.717) is 5.56 Å². The number of carboxylic acid groups (broad SMARTS) is 1. The summed E-state index contributed by atoms with van der Waals surface area (Å²) in [6, 6.07) is 3.41. The molecular formula is C13H19NO5S. The van der Waals surface area contributed by atoms with Gasteiger partial charge in [0, 0.05) is 13.0 Å². The third-order valence-electron chi connectivity index (χ3n) is 2.73. The maximum absolute atomic E-state index is 12.3. The van der Waals surface area contributed by atoms with Gasteiger partial charge in [0.2, 0.25) is 10.0 Å². The van der Waals surface area contributed by atoms with E-state index < -0.39 is 16.0 Å². The van der Waals surface area contributed by atoms with Crippen molar-refractivity contribution < 1.29 is 23.1 Å². The summed E-state index contributed by atoms with van der Waals surface area (Å²) in [7, 11) is -2.30. The molecule has 0 heterocycles. The molecule has 0 fully saturated rings. The lowest BCUT2D eigenvalue weighted by atomic mass is 10.1. The number of aliphatic carboxylic acids is 1. The third kappa shape index (κ3) is 4.21. The van der Waals surface area contributed by atoms with E-state index in [9.17, 15) is 13.2 Å². The Morgan fingerprint density at radius 1 is 1.35 bits per heavy atom. The molecular weight excluding hydrogens is 282 g/mol. The number of nitrogens with one attached hydrogen (secondary N) is 1. The summed E-state index contributed by atoms with van der Waals surface area (Å²) in [6.45, 7) is 3.62. The maximum atomic E-state index is 12.3. The Labute approximate surface area is 118 Å². The summed E-state index contributed by atoms with van der Waals surface area (Å²) in [4.78, 5) is 10.5. The predicted octanol–water partition coefficient (Wildman–Crippen LogP) is 1.46. The summed E-state index contributed by atoms with van der Waals surface area (Å²) >= 11 is 0. The lowest BCUT2D eigenvalue weighted by Crippen LogP contribution is -2.26. The van der Waals surface area contributed by atoms with Crippen molar-refractivity contribution in [3.63, 3.8) is 0 Å². The first-order valence-corrected chi connectivity index (χ1v) is 7.63. The number of benzene rings is 1. The van der Waals surface area contributed by atoms with Crippen molar-refractivity contribution in [1.82, 2.24) is 4.72 Å². The second kappa shape index (κ2) is 6.71. The average molecular weight is 301 g/mol. The van der Waals surface area contributed by atoms with Crippen LogP contribution in [-0.4, -0.2) is 33.1 Å². The van der Waals surface area contributed by atoms with Crippen LogP contribution in [0, 0.1) is 13.8 Å². The molecule has 0 unspecified atom stereocenters. The number of hydrogen-bond donors (Lipinski definition) is 2. The van der Waals surface area contributed by atoms with Crippen LogP contribution in [0.25, 0.3) is 0 Å². The zero-order valence-corrected chi connectivity index (χ0v) is 12.6. The molecule has 112 valence electrons. The van der Waals surface area contributed by atoms with Gasteiger partial charge in [-0.05, 0) is 37.5 Å². The Morgan fingerprint density at radius 3 is 2.55 bits per heavy atom. The molecule has 7 heteroatoms. The van der Waals surface area contributed by atoms with Gasteiger partial charge >= 0.3 is 5.97 Å². The van der Waals surface area contributed by atoms with Crippen LogP contribution in [0.5, 0.6) is 5.75 Å². The number of sulfonamides is 1. The number of aryl methyl sites for hydroxylation is 2. The van der Waals surface area contributed by atoms with E-state index in [1.807, 2.05) is 6.92 Å². The molecule has 20 heavy (non-hydrogen) atoms. The van der Waals surface area contributed by atoms with E-state index in [-0.39, 0.29) is 30.0 Å². The van der Waals surface area contributed by atoms with Crippen molar-refractivity contribution >= 4 is 16.0 Å². The second-order valence-corrected chi connectivity index (χ2v) is 6.21. The molecule has 0 spiro atoms. The van der Waals surface area contributed by atoms with Crippen LogP contribution in [-0.2, 0) is 14.8 Å². The van der Waals surface area contributed by atoms with Gasteiger partial charge in [-0.2, -0.15) is 0 Å². The fraction of sp³-hybridized carbons (Fsp3) is 0.462. The lowest BCUT2D eigenvalue weighted by molar-refractivity contribution is -0.137. The van der Waals surface area contributed by atoms with Crippen LogP contribution in [0.15, 0.2) is 17.0 Å². The Bertz CT molecular complexity index is 595. The van der Waals surface area contributed by atoms with E-state index in [1.54, 1.807) is 19.1 Å². The summed E-state index contributed by atoms with van der Waals surface area (Å²) in [5, 5.41) is 8.52. The van der Waals surface area contributed by atoms with Gasteiger partial charge < -0.3 is 9.84 Å². The first-order chi connectivity index (χ1) is 9.27. The van der Waals surface area contributed by atoms with E-state index >= 15 is 0 Å². The summed E-state index contributed by atoms with van der Waals surface area (Å²) in [5.74, 6) is -0.665. The fourth-order valence-corrected chi connectivity index (χ4v) is 3.38. The SMILES string of the molecule is COc1cc(C)cc(C)c1S(=O)(=O)NCCCC(=O)O. The van der Waals surface area contributed by atoms with Gasteiger partial charge in [0.05, 0.1) is 7.11 Å². The van der Waals surface area contributed by atoms with Gasteiger partial charge in [0.1, 0.15) is 10.6 Å². The number of ether oxygens (including phenoxy) is 1. The zero-order valence-electron chi connectivity index (χ0n) is 11.8. The quantitative estimate of drug-likeness (QED) is 0.744. The lowest BCUT2D eigenvalue weighted by Gasteiger charge is -2.14. The van der Waals surface area contributed by atoms with Crippen molar-refractivity contribution in [3.8, 4) is 5.75 Å². The molecule has 1 rings (SSSR count). The number of carbonyl (C=O) groups is 1. The van der Waals surface area contributed by atoms with Crippen molar-refractivity contribution in [2.75, 3.05) is 13.7 Å². The van der Waals surface area contributed by atoms with Crippen LogP contribution >= 0.6 is 0 Å². The highest BCUT2D eigenvalue weighted by molar-refractivity contribution is 7.89. The van der Waals surface area contributed by atoms with Gasteiger partial charge in [-0.1, -0.05) is 6.07 Å². The van der Waals surface area contributed by atoms with Gasteiger partial charge in [0.15, 0.2) is 0 Å². The minimum absolute atomic E-state index is 0.0745. The van der Waals surface area contributed by atoms with Crippen molar-refractivity contribution in [2.24, 2.45) is 0 Å². The molecule has 6 nitrogen and oxygen atoms in total. The van der Waals surface area contributed by atoms with Gasteiger partial charge in [0.25, 0.3) is 0 Å². The third-order valence-corrected chi connectivity index (χ3v) is 4.38. The minimum atomic E-state index is -3.72. The highest BCUT2D eigenvalue weighted by atomic mass is 32.2. The van der Waals surface area contributed by atoms with Crippen LogP contribution in [0.3, 0.4) is 0 Å². The molecule has 0 saturated heterocycles. The normalized spacial score (nSPS) is 11.3. The van der Waals surface area contributed by atoms with Crippen molar-refractivity contribution in [2.45, 2.75) is 31.6 Å². The van der Waals surface area contributed by atoms with Crippen molar-refractivity contribution in [1.29, 1.82) is 0 Å². The largest absolute Gasteiger partial charge is 0.495 e. The molecule has 1 aromatic rings. The Morgan fingerprint density at radius 2 is 2.00 bits per heavy atom. The summed E-state index contributed by atoms with van der Waals surface area (Å²) < 4.78 is 32.0. The molecule has 0 atom stereocenters. The maximum Gasteiger partial charge on any atom is 0.303 e. The monoisotopic (exact) mass is 301 g/mol. The van der Waals surface area contributed by atoms with Crippen LogP contribution in [0.4, 0.5) is 0 Å². The molecule has 0 radical (unpaired) electrons. The first kappa shape index (κ1) is 16.5. The molecule has 2 N–H and O–H groups in total. The number of rotatable bonds is 7. The highest BCUT2D eigenvalue weighted by Crippen LogP contribution is 2.28. The topological polar surface area (TPSA) is 92.7 Å².